The van der Waals surface area contributed by atoms with Gasteiger partial charge in [-0.3, -0.25) is 9.48 Å². The van der Waals surface area contributed by atoms with Crippen molar-refractivity contribution < 1.29 is 4.79 Å². The summed E-state index contributed by atoms with van der Waals surface area (Å²) in [5.41, 5.74) is 5.20. The molecule has 0 radical (unpaired) electrons. The van der Waals surface area contributed by atoms with Crippen molar-refractivity contribution in [3.63, 3.8) is 0 Å². The van der Waals surface area contributed by atoms with Crippen LogP contribution < -0.4 is 10.6 Å². The zero-order chi connectivity index (χ0) is 14.1. The van der Waals surface area contributed by atoms with Crippen molar-refractivity contribution in [2.45, 2.75) is 19.9 Å². The van der Waals surface area contributed by atoms with E-state index in [0.717, 1.165) is 29.9 Å². The maximum atomic E-state index is 12.2. The molecule has 0 atom stereocenters. The van der Waals surface area contributed by atoms with Crippen molar-refractivity contribution in [1.29, 1.82) is 0 Å². The molecule has 0 aliphatic carbocycles. The van der Waals surface area contributed by atoms with Crippen molar-refractivity contribution in [3.8, 4) is 0 Å². The fourth-order valence-corrected chi connectivity index (χ4v) is 2.44. The normalized spacial score (nSPS) is 12.3. The van der Waals surface area contributed by atoms with Crippen molar-refractivity contribution in [3.05, 3.63) is 46.8 Å². The van der Waals surface area contributed by atoms with E-state index in [1.54, 1.807) is 6.20 Å². The average Bonchev–Trinajstić information content (AvgIpc) is 3.04. The third-order valence-corrected chi connectivity index (χ3v) is 3.85. The van der Waals surface area contributed by atoms with Crippen LogP contribution in [0.3, 0.4) is 0 Å². The summed E-state index contributed by atoms with van der Waals surface area (Å²) in [6, 6.07) is 5.82. The summed E-state index contributed by atoms with van der Waals surface area (Å²) in [6.07, 6.45) is 2.78. The summed E-state index contributed by atoms with van der Waals surface area (Å²) in [6.45, 7) is 3.46. The second-order valence-corrected chi connectivity index (χ2v) is 5.11. The second-order valence-electron chi connectivity index (χ2n) is 5.11. The van der Waals surface area contributed by atoms with E-state index < -0.39 is 0 Å². The average molecular weight is 307 g/mol. The van der Waals surface area contributed by atoms with Crippen molar-refractivity contribution in [2.24, 2.45) is 7.05 Å². The minimum Gasteiger partial charge on any atom is -0.384 e. The lowest BCUT2D eigenvalue weighted by Gasteiger charge is -2.07. The molecular weight excluding hydrogens is 288 g/mol. The van der Waals surface area contributed by atoms with Crippen LogP contribution in [0.2, 0.25) is 0 Å². The van der Waals surface area contributed by atoms with Gasteiger partial charge in [-0.15, -0.1) is 12.4 Å². The van der Waals surface area contributed by atoms with Gasteiger partial charge >= 0.3 is 0 Å². The number of nitrogens with zero attached hydrogens (tertiary/aromatic N) is 2. The van der Waals surface area contributed by atoms with E-state index in [4.69, 9.17) is 0 Å². The number of aromatic nitrogens is 2. The quantitative estimate of drug-likeness (QED) is 0.912. The standard InChI is InChI=1S/C15H18N4O.ClH/c1-10-13(9-18-19(10)2)8-17-15(20)12-3-4-14-11(7-12)5-6-16-14;/h3-4,7,9,16H,5-6,8H2,1-2H3,(H,17,20);1H. The molecule has 1 aromatic heterocycles. The highest BCUT2D eigenvalue weighted by molar-refractivity contribution is 5.95. The molecule has 0 bridgehead atoms. The Morgan fingerprint density at radius 3 is 3.00 bits per heavy atom. The number of aryl methyl sites for hydroxylation is 1. The van der Waals surface area contributed by atoms with E-state index in [0.29, 0.717) is 12.1 Å². The van der Waals surface area contributed by atoms with Crippen LogP contribution >= 0.6 is 12.4 Å². The van der Waals surface area contributed by atoms with E-state index in [9.17, 15) is 4.79 Å². The summed E-state index contributed by atoms with van der Waals surface area (Å²) in [4.78, 5) is 12.2. The second kappa shape index (κ2) is 6.18. The number of hydrogen-bond acceptors (Lipinski definition) is 3. The van der Waals surface area contributed by atoms with Crippen molar-refractivity contribution >= 4 is 24.0 Å². The first kappa shape index (κ1) is 15.4. The van der Waals surface area contributed by atoms with Gasteiger partial charge in [-0.2, -0.15) is 5.10 Å². The molecule has 2 heterocycles. The van der Waals surface area contributed by atoms with Gasteiger partial charge in [-0.05, 0) is 37.1 Å². The Bertz CT molecular complexity index is 666. The summed E-state index contributed by atoms with van der Waals surface area (Å²) in [7, 11) is 1.90. The predicted octanol–water partition coefficient (Wildman–Crippen LogP) is 2.05. The van der Waals surface area contributed by atoms with E-state index >= 15 is 0 Å². The third kappa shape index (κ3) is 3.03. The molecule has 1 aliphatic heterocycles. The van der Waals surface area contributed by atoms with Crippen LogP contribution in [0.1, 0.15) is 27.2 Å². The lowest BCUT2D eigenvalue weighted by Crippen LogP contribution is -2.23. The van der Waals surface area contributed by atoms with Gasteiger partial charge in [-0.25, -0.2) is 0 Å². The van der Waals surface area contributed by atoms with Crippen LogP contribution in [0.15, 0.2) is 24.4 Å². The summed E-state index contributed by atoms with van der Waals surface area (Å²) in [5.74, 6) is -0.0389. The van der Waals surface area contributed by atoms with Crippen LogP contribution in [-0.2, 0) is 20.0 Å². The molecule has 0 saturated carbocycles. The smallest absolute Gasteiger partial charge is 0.251 e. The Labute approximate surface area is 130 Å². The molecule has 0 fully saturated rings. The molecule has 0 spiro atoms. The van der Waals surface area contributed by atoms with Gasteiger partial charge in [0.15, 0.2) is 0 Å². The monoisotopic (exact) mass is 306 g/mol. The largest absolute Gasteiger partial charge is 0.384 e. The number of carbonyl (C=O) groups is 1. The first-order valence-electron chi connectivity index (χ1n) is 6.77. The number of anilines is 1. The lowest BCUT2D eigenvalue weighted by molar-refractivity contribution is 0.0951. The van der Waals surface area contributed by atoms with E-state index in [-0.39, 0.29) is 18.3 Å². The van der Waals surface area contributed by atoms with E-state index in [1.807, 2.05) is 36.9 Å². The zero-order valence-electron chi connectivity index (χ0n) is 12.1. The Morgan fingerprint density at radius 1 is 1.48 bits per heavy atom. The molecule has 1 amide bonds. The maximum Gasteiger partial charge on any atom is 0.251 e. The molecule has 1 aromatic carbocycles. The van der Waals surface area contributed by atoms with Gasteiger partial charge in [0.05, 0.1) is 6.20 Å². The van der Waals surface area contributed by atoms with Crippen LogP contribution in [0.25, 0.3) is 0 Å². The number of nitrogens with one attached hydrogen (secondary N) is 2. The Balaban J connectivity index is 0.00000161. The SMILES string of the molecule is Cc1c(CNC(=O)c2ccc3c(c2)CCN3)cnn1C.Cl. The number of benzene rings is 1. The Kier molecular flexibility index (Phi) is 4.53. The fraction of sp³-hybridized carbons (Fsp3) is 0.333. The zero-order valence-corrected chi connectivity index (χ0v) is 13.0. The van der Waals surface area contributed by atoms with Crippen LogP contribution in [0, 0.1) is 6.92 Å². The fourth-order valence-electron chi connectivity index (χ4n) is 2.44. The summed E-state index contributed by atoms with van der Waals surface area (Å²) >= 11 is 0. The molecular formula is C15H19ClN4O. The van der Waals surface area contributed by atoms with E-state index in [2.05, 4.69) is 15.7 Å². The number of amides is 1. The molecule has 5 nitrogen and oxygen atoms in total. The highest BCUT2D eigenvalue weighted by atomic mass is 35.5. The first-order chi connectivity index (χ1) is 9.65. The lowest BCUT2D eigenvalue weighted by atomic mass is 10.1. The highest BCUT2D eigenvalue weighted by Gasteiger charge is 2.13. The van der Waals surface area contributed by atoms with Crippen molar-refractivity contribution in [2.75, 3.05) is 11.9 Å². The van der Waals surface area contributed by atoms with Gasteiger partial charge in [0.2, 0.25) is 0 Å². The minimum absolute atomic E-state index is 0. The van der Waals surface area contributed by atoms with Crippen LogP contribution in [0.5, 0.6) is 0 Å². The number of rotatable bonds is 3. The molecule has 2 N–H and O–H groups in total. The topological polar surface area (TPSA) is 59.0 Å². The van der Waals surface area contributed by atoms with E-state index in [1.165, 1.54) is 5.56 Å². The predicted molar refractivity (Wildman–Crippen MR) is 85.0 cm³/mol. The number of halogens is 1. The van der Waals surface area contributed by atoms with Gasteiger partial charge < -0.3 is 10.6 Å². The van der Waals surface area contributed by atoms with Gasteiger partial charge in [0, 0.05) is 42.6 Å². The third-order valence-electron chi connectivity index (χ3n) is 3.85. The molecule has 6 heteroatoms. The molecule has 21 heavy (non-hydrogen) atoms. The minimum atomic E-state index is -0.0389. The molecule has 1 aliphatic rings. The highest BCUT2D eigenvalue weighted by Crippen LogP contribution is 2.22. The number of fused-ring (bicyclic) bond motifs is 1. The maximum absolute atomic E-state index is 12.2. The Morgan fingerprint density at radius 2 is 2.29 bits per heavy atom. The summed E-state index contributed by atoms with van der Waals surface area (Å²) < 4.78 is 1.81. The first-order valence-corrected chi connectivity index (χ1v) is 6.77. The molecule has 0 unspecified atom stereocenters. The molecule has 3 rings (SSSR count). The summed E-state index contributed by atoms with van der Waals surface area (Å²) in [5, 5.41) is 10.4. The van der Waals surface area contributed by atoms with Crippen LogP contribution in [0.4, 0.5) is 5.69 Å². The molecule has 112 valence electrons. The Hall–Kier alpha value is -2.01. The van der Waals surface area contributed by atoms with Crippen LogP contribution in [-0.4, -0.2) is 22.2 Å². The molecule has 2 aromatic rings. The van der Waals surface area contributed by atoms with Gasteiger partial charge in [0.25, 0.3) is 5.91 Å². The number of carbonyl (C=O) groups excluding carboxylic acids is 1. The van der Waals surface area contributed by atoms with Gasteiger partial charge in [0.1, 0.15) is 0 Å². The number of hydrogen-bond donors (Lipinski definition) is 2. The molecule has 0 saturated heterocycles. The van der Waals surface area contributed by atoms with Crippen molar-refractivity contribution in [1.82, 2.24) is 15.1 Å². The van der Waals surface area contributed by atoms with Gasteiger partial charge in [-0.1, -0.05) is 0 Å².